The van der Waals surface area contributed by atoms with E-state index < -0.39 is 11.7 Å². The smallest absolute Gasteiger partial charge is 0.324 e. The Hall–Kier alpha value is -3.24. The van der Waals surface area contributed by atoms with Crippen molar-refractivity contribution in [2.45, 2.75) is 12.6 Å². The minimum atomic E-state index is -4.39. The fourth-order valence-corrected chi connectivity index (χ4v) is 3.82. The second-order valence-electron chi connectivity index (χ2n) is 6.45. The van der Waals surface area contributed by atoms with Gasteiger partial charge in [-0.3, -0.25) is 4.79 Å². The van der Waals surface area contributed by atoms with Gasteiger partial charge in [-0.1, -0.05) is 23.7 Å². The van der Waals surface area contributed by atoms with Crippen molar-refractivity contribution in [2.24, 2.45) is 0 Å². The van der Waals surface area contributed by atoms with Gasteiger partial charge in [0, 0.05) is 16.0 Å². The first-order chi connectivity index (χ1) is 14.8. The Balaban J connectivity index is 1.47. The minimum absolute atomic E-state index is 0.0134. The third-order valence-corrected chi connectivity index (χ3v) is 5.43. The van der Waals surface area contributed by atoms with Crippen LogP contribution in [0, 0.1) is 0 Å². The number of hydrogen-bond acceptors (Lipinski definition) is 5. The van der Waals surface area contributed by atoms with Crippen LogP contribution in [0.4, 0.5) is 18.9 Å². The molecule has 0 aliphatic heterocycles. The molecule has 2 heterocycles. The van der Waals surface area contributed by atoms with Gasteiger partial charge < -0.3 is 5.32 Å². The molecule has 4 rings (SSSR count). The number of thiazole rings is 1. The zero-order valence-corrected chi connectivity index (χ0v) is 17.2. The SMILES string of the molecule is O=C(Cc1csc(-c2ccc(C(F)(F)F)cc2)n1)Nc1cc(Cl)ccc1-n1cncn1. The number of nitrogens with one attached hydrogen (secondary N) is 1. The van der Waals surface area contributed by atoms with Crippen LogP contribution in [0.2, 0.25) is 5.02 Å². The summed E-state index contributed by atoms with van der Waals surface area (Å²) in [6.45, 7) is 0. The number of hydrogen-bond donors (Lipinski definition) is 1. The Bertz CT molecular complexity index is 1210. The Morgan fingerprint density at radius 2 is 1.94 bits per heavy atom. The molecule has 158 valence electrons. The van der Waals surface area contributed by atoms with E-state index in [1.807, 2.05) is 0 Å². The average molecular weight is 464 g/mol. The van der Waals surface area contributed by atoms with Crippen molar-refractivity contribution in [1.29, 1.82) is 0 Å². The number of rotatable bonds is 5. The standard InChI is InChI=1S/C20H13ClF3N5OS/c21-14-5-6-17(29-11-25-10-26-29)16(7-14)28-18(30)8-15-9-31-19(27-15)12-1-3-13(4-2-12)20(22,23)24/h1-7,9-11H,8H2,(H,28,30). The summed E-state index contributed by atoms with van der Waals surface area (Å²) < 4.78 is 39.6. The lowest BCUT2D eigenvalue weighted by Gasteiger charge is -2.11. The molecule has 2 aromatic carbocycles. The van der Waals surface area contributed by atoms with E-state index in [9.17, 15) is 18.0 Å². The number of benzene rings is 2. The normalized spacial score (nSPS) is 11.5. The van der Waals surface area contributed by atoms with Crippen molar-refractivity contribution in [2.75, 3.05) is 5.32 Å². The fraction of sp³-hybridized carbons (Fsp3) is 0.100. The van der Waals surface area contributed by atoms with Gasteiger partial charge in [-0.15, -0.1) is 11.3 Å². The number of halogens is 4. The maximum absolute atomic E-state index is 12.7. The molecular formula is C20H13ClF3N5OS. The van der Waals surface area contributed by atoms with Gasteiger partial charge in [-0.2, -0.15) is 18.3 Å². The van der Waals surface area contributed by atoms with Gasteiger partial charge >= 0.3 is 6.18 Å². The highest BCUT2D eigenvalue weighted by atomic mass is 35.5. The van der Waals surface area contributed by atoms with Gasteiger partial charge in [-0.05, 0) is 30.3 Å². The predicted octanol–water partition coefficient (Wildman–Crippen LogP) is 5.24. The highest BCUT2D eigenvalue weighted by molar-refractivity contribution is 7.13. The number of nitrogens with zero attached hydrogens (tertiary/aromatic N) is 4. The van der Waals surface area contributed by atoms with Crippen LogP contribution in [0.5, 0.6) is 0 Å². The highest BCUT2D eigenvalue weighted by Gasteiger charge is 2.30. The number of anilines is 1. The molecule has 0 aliphatic carbocycles. The van der Waals surface area contributed by atoms with Crippen molar-refractivity contribution in [3.63, 3.8) is 0 Å². The van der Waals surface area contributed by atoms with Crippen LogP contribution in [-0.4, -0.2) is 25.7 Å². The highest BCUT2D eigenvalue weighted by Crippen LogP contribution is 2.32. The van der Waals surface area contributed by atoms with E-state index in [4.69, 9.17) is 11.6 Å². The maximum atomic E-state index is 12.7. The Kier molecular flexibility index (Phi) is 5.75. The minimum Gasteiger partial charge on any atom is -0.324 e. The van der Waals surface area contributed by atoms with Crippen molar-refractivity contribution in [3.05, 3.63) is 76.8 Å². The Labute approximate surface area is 183 Å². The fourth-order valence-electron chi connectivity index (χ4n) is 2.82. The molecule has 4 aromatic rings. The topological polar surface area (TPSA) is 72.7 Å². The molecule has 0 bridgehead atoms. The van der Waals surface area contributed by atoms with Crippen LogP contribution < -0.4 is 5.32 Å². The van der Waals surface area contributed by atoms with E-state index in [0.29, 0.717) is 32.7 Å². The van der Waals surface area contributed by atoms with Crippen LogP contribution in [-0.2, 0) is 17.4 Å². The van der Waals surface area contributed by atoms with Gasteiger partial charge in [0.1, 0.15) is 17.7 Å². The molecule has 0 spiro atoms. The summed E-state index contributed by atoms with van der Waals surface area (Å²) in [7, 11) is 0. The molecule has 1 N–H and O–H groups in total. The summed E-state index contributed by atoms with van der Waals surface area (Å²) in [5.74, 6) is -0.326. The molecule has 0 saturated heterocycles. The molecule has 0 radical (unpaired) electrons. The molecule has 0 saturated carbocycles. The van der Waals surface area contributed by atoms with Crippen LogP contribution in [0.15, 0.2) is 60.5 Å². The van der Waals surface area contributed by atoms with Gasteiger partial charge in [0.25, 0.3) is 0 Å². The zero-order chi connectivity index (χ0) is 22.0. The average Bonchev–Trinajstić information content (AvgIpc) is 3.40. The molecule has 0 aliphatic rings. The maximum Gasteiger partial charge on any atom is 0.416 e. The molecule has 0 fully saturated rings. The summed E-state index contributed by atoms with van der Waals surface area (Å²) in [5.41, 5.74) is 1.38. The van der Waals surface area contributed by atoms with Crippen LogP contribution >= 0.6 is 22.9 Å². The zero-order valence-electron chi connectivity index (χ0n) is 15.6. The summed E-state index contributed by atoms with van der Waals surface area (Å²) in [6, 6.07) is 9.72. The number of aromatic nitrogens is 4. The predicted molar refractivity (Wildman–Crippen MR) is 111 cm³/mol. The Morgan fingerprint density at radius 3 is 2.61 bits per heavy atom. The molecule has 6 nitrogen and oxygen atoms in total. The monoisotopic (exact) mass is 463 g/mol. The van der Waals surface area contributed by atoms with Gasteiger partial charge in [0.15, 0.2) is 0 Å². The van der Waals surface area contributed by atoms with Gasteiger partial charge in [0.2, 0.25) is 5.91 Å². The number of alkyl halides is 3. The molecule has 0 atom stereocenters. The number of amides is 1. The van der Waals surface area contributed by atoms with Crippen LogP contribution in [0.3, 0.4) is 0 Å². The van der Waals surface area contributed by atoms with Crippen molar-refractivity contribution < 1.29 is 18.0 Å². The van der Waals surface area contributed by atoms with Gasteiger partial charge in [0.05, 0.1) is 29.1 Å². The number of carbonyl (C=O) groups excluding carboxylic acids is 1. The first-order valence-corrected chi connectivity index (χ1v) is 10.1. The van der Waals surface area contributed by atoms with Crippen LogP contribution in [0.1, 0.15) is 11.3 Å². The summed E-state index contributed by atoms with van der Waals surface area (Å²) >= 11 is 7.31. The molecular weight excluding hydrogens is 451 g/mol. The lowest BCUT2D eigenvalue weighted by molar-refractivity contribution is -0.137. The van der Waals surface area contributed by atoms with E-state index in [2.05, 4.69) is 20.4 Å². The molecule has 2 aromatic heterocycles. The molecule has 11 heteroatoms. The molecule has 1 amide bonds. The van der Waals surface area contributed by atoms with Crippen molar-refractivity contribution in [3.8, 4) is 16.3 Å². The van der Waals surface area contributed by atoms with Crippen LogP contribution in [0.25, 0.3) is 16.3 Å². The summed E-state index contributed by atoms with van der Waals surface area (Å²) in [5, 5.41) is 9.51. The van der Waals surface area contributed by atoms with Crippen molar-refractivity contribution >= 4 is 34.5 Å². The van der Waals surface area contributed by atoms with Gasteiger partial charge in [-0.25, -0.2) is 14.6 Å². The second-order valence-corrected chi connectivity index (χ2v) is 7.74. The van der Waals surface area contributed by atoms with E-state index >= 15 is 0 Å². The lowest BCUT2D eigenvalue weighted by Crippen LogP contribution is -2.16. The third kappa shape index (κ3) is 4.92. The Morgan fingerprint density at radius 1 is 1.16 bits per heavy atom. The molecule has 31 heavy (non-hydrogen) atoms. The third-order valence-electron chi connectivity index (χ3n) is 4.25. The number of carbonyl (C=O) groups is 1. The molecule has 0 unspecified atom stereocenters. The lowest BCUT2D eigenvalue weighted by atomic mass is 10.1. The largest absolute Gasteiger partial charge is 0.416 e. The summed E-state index contributed by atoms with van der Waals surface area (Å²) in [6.07, 6.45) is -1.54. The second kappa shape index (κ2) is 8.48. The first kappa shape index (κ1) is 21.0. The first-order valence-electron chi connectivity index (χ1n) is 8.86. The quantitative estimate of drug-likeness (QED) is 0.439. The van der Waals surface area contributed by atoms with E-state index in [-0.39, 0.29) is 12.3 Å². The van der Waals surface area contributed by atoms with Crippen molar-refractivity contribution in [1.82, 2.24) is 19.7 Å². The van der Waals surface area contributed by atoms with E-state index in [1.54, 1.807) is 23.6 Å². The summed E-state index contributed by atoms with van der Waals surface area (Å²) in [4.78, 5) is 20.8. The van der Waals surface area contributed by atoms with E-state index in [1.165, 1.54) is 40.8 Å². The van der Waals surface area contributed by atoms with E-state index in [0.717, 1.165) is 12.1 Å².